The topological polar surface area (TPSA) is 38.8 Å². The zero-order valence-electron chi connectivity index (χ0n) is 19.6. The number of amides is 1. The van der Waals surface area contributed by atoms with E-state index in [9.17, 15) is 18.0 Å². The lowest BCUT2D eigenvalue weighted by Crippen LogP contribution is -2.40. The molecule has 1 amide bonds. The standard InChI is InChI=1S/C25H33F3N4O/c1-4-31-13-12-19-9-7-11-23(21(19)18-31)29-16-24(33)32(15-14-30(2)3)17-20-8-5-6-10-22(20)25(26,27)28/h5-11,29H,4,12-18H2,1-3H3. The van der Waals surface area contributed by atoms with Crippen molar-refractivity contribution in [3.63, 3.8) is 0 Å². The normalized spacial score (nSPS) is 14.3. The average molecular weight is 463 g/mol. The van der Waals surface area contributed by atoms with Crippen molar-refractivity contribution in [3.8, 4) is 0 Å². The lowest BCUT2D eigenvalue weighted by atomic mass is 9.98. The number of halogens is 3. The molecule has 0 bridgehead atoms. The van der Waals surface area contributed by atoms with Crippen LogP contribution >= 0.6 is 0 Å². The van der Waals surface area contributed by atoms with Gasteiger partial charge in [0.05, 0.1) is 12.1 Å². The molecule has 5 nitrogen and oxygen atoms in total. The van der Waals surface area contributed by atoms with E-state index in [1.54, 1.807) is 6.07 Å². The molecule has 2 aromatic carbocycles. The lowest BCUT2D eigenvalue weighted by Gasteiger charge is -2.30. The van der Waals surface area contributed by atoms with Gasteiger partial charge in [-0.25, -0.2) is 0 Å². The molecule has 0 radical (unpaired) electrons. The van der Waals surface area contributed by atoms with Crippen molar-refractivity contribution >= 4 is 11.6 Å². The van der Waals surface area contributed by atoms with E-state index in [-0.39, 0.29) is 24.6 Å². The first-order valence-electron chi connectivity index (χ1n) is 11.3. The van der Waals surface area contributed by atoms with Gasteiger partial charge in [-0.05, 0) is 55.9 Å². The highest BCUT2D eigenvalue weighted by Gasteiger charge is 2.33. The molecule has 8 heteroatoms. The summed E-state index contributed by atoms with van der Waals surface area (Å²) in [7, 11) is 3.75. The number of benzene rings is 2. The summed E-state index contributed by atoms with van der Waals surface area (Å²) in [5.41, 5.74) is 2.80. The molecule has 3 rings (SSSR count). The van der Waals surface area contributed by atoms with Gasteiger partial charge in [-0.15, -0.1) is 0 Å². The summed E-state index contributed by atoms with van der Waals surface area (Å²) in [6, 6.07) is 11.5. The van der Waals surface area contributed by atoms with Gasteiger partial charge in [0.15, 0.2) is 0 Å². The van der Waals surface area contributed by atoms with Crippen molar-refractivity contribution in [3.05, 3.63) is 64.7 Å². The third-order valence-electron chi connectivity index (χ3n) is 6.08. The molecule has 0 spiro atoms. The summed E-state index contributed by atoms with van der Waals surface area (Å²) in [5, 5.41) is 3.26. The van der Waals surface area contributed by atoms with Crippen molar-refractivity contribution in [1.82, 2.24) is 14.7 Å². The maximum absolute atomic E-state index is 13.5. The predicted molar refractivity (Wildman–Crippen MR) is 125 cm³/mol. The largest absolute Gasteiger partial charge is 0.416 e. The fourth-order valence-corrected chi connectivity index (χ4v) is 4.11. The van der Waals surface area contributed by atoms with Crippen LogP contribution < -0.4 is 5.32 Å². The Morgan fingerprint density at radius 1 is 1.09 bits per heavy atom. The maximum Gasteiger partial charge on any atom is 0.416 e. The summed E-state index contributed by atoms with van der Waals surface area (Å²) in [4.78, 5) is 18.9. The van der Waals surface area contributed by atoms with E-state index in [2.05, 4.69) is 23.2 Å². The molecule has 1 aliphatic heterocycles. The van der Waals surface area contributed by atoms with E-state index in [1.807, 2.05) is 31.1 Å². The Morgan fingerprint density at radius 3 is 2.55 bits per heavy atom. The van der Waals surface area contributed by atoms with Gasteiger partial charge in [-0.2, -0.15) is 13.2 Å². The molecule has 0 fully saturated rings. The minimum absolute atomic E-state index is 0.0319. The van der Waals surface area contributed by atoms with Gasteiger partial charge in [-0.3, -0.25) is 9.69 Å². The third kappa shape index (κ3) is 6.71. The van der Waals surface area contributed by atoms with Crippen molar-refractivity contribution in [2.24, 2.45) is 0 Å². The van der Waals surface area contributed by atoms with Gasteiger partial charge in [-0.1, -0.05) is 37.3 Å². The summed E-state index contributed by atoms with van der Waals surface area (Å²) < 4.78 is 40.4. The van der Waals surface area contributed by atoms with Crippen LogP contribution in [0, 0.1) is 0 Å². The molecular formula is C25H33F3N4O. The molecule has 0 saturated carbocycles. The minimum Gasteiger partial charge on any atom is -0.376 e. The first-order valence-corrected chi connectivity index (χ1v) is 11.3. The van der Waals surface area contributed by atoms with E-state index in [0.29, 0.717) is 13.1 Å². The number of likely N-dealkylation sites (N-methyl/N-ethyl adjacent to an activating group) is 2. The monoisotopic (exact) mass is 462 g/mol. The zero-order valence-corrected chi connectivity index (χ0v) is 19.6. The van der Waals surface area contributed by atoms with E-state index >= 15 is 0 Å². The number of nitrogens with one attached hydrogen (secondary N) is 1. The first kappa shape index (κ1) is 25.1. The van der Waals surface area contributed by atoms with Gasteiger partial charge in [0.2, 0.25) is 5.91 Å². The lowest BCUT2D eigenvalue weighted by molar-refractivity contribution is -0.139. The van der Waals surface area contributed by atoms with E-state index in [1.165, 1.54) is 28.2 Å². The molecule has 1 heterocycles. The third-order valence-corrected chi connectivity index (χ3v) is 6.08. The fourth-order valence-electron chi connectivity index (χ4n) is 4.11. The van der Waals surface area contributed by atoms with E-state index in [0.717, 1.165) is 37.8 Å². The van der Waals surface area contributed by atoms with Gasteiger partial charge in [0, 0.05) is 38.4 Å². The van der Waals surface area contributed by atoms with Crippen LogP contribution in [0.3, 0.4) is 0 Å². The van der Waals surface area contributed by atoms with Crippen LogP contribution in [0.2, 0.25) is 0 Å². The molecule has 33 heavy (non-hydrogen) atoms. The minimum atomic E-state index is -4.46. The molecule has 0 aromatic heterocycles. The molecule has 0 unspecified atom stereocenters. The Bertz CT molecular complexity index is 945. The number of alkyl halides is 3. The Labute approximate surface area is 194 Å². The van der Waals surface area contributed by atoms with Gasteiger partial charge >= 0.3 is 6.18 Å². The number of hydrogen-bond donors (Lipinski definition) is 1. The summed E-state index contributed by atoms with van der Waals surface area (Å²) in [6.07, 6.45) is -3.49. The molecule has 0 saturated heterocycles. The van der Waals surface area contributed by atoms with Crippen LogP contribution in [-0.4, -0.2) is 67.4 Å². The summed E-state index contributed by atoms with van der Waals surface area (Å²) in [5.74, 6) is -0.227. The van der Waals surface area contributed by atoms with Crippen molar-refractivity contribution in [2.75, 3.05) is 52.1 Å². The first-order chi connectivity index (χ1) is 15.7. The molecule has 1 aliphatic rings. The summed E-state index contributed by atoms with van der Waals surface area (Å²) >= 11 is 0. The van der Waals surface area contributed by atoms with Gasteiger partial charge in [0.1, 0.15) is 0 Å². The SMILES string of the molecule is CCN1CCc2cccc(NCC(=O)N(CCN(C)C)Cc3ccccc3C(F)(F)F)c2C1. The molecule has 180 valence electrons. The second-order valence-electron chi connectivity index (χ2n) is 8.69. The van der Waals surface area contributed by atoms with E-state index in [4.69, 9.17) is 0 Å². The zero-order chi connectivity index (χ0) is 24.0. The number of carbonyl (C=O) groups excluding carboxylic acids is 1. The van der Waals surface area contributed by atoms with Crippen molar-refractivity contribution in [2.45, 2.75) is 32.6 Å². The number of nitrogens with zero attached hydrogens (tertiary/aromatic N) is 3. The molecule has 0 aliphatic carbocycles. The van der Waals surface area contributed by atoms with Gasteiger partial charge < -0.3 is 15.1 Å². The van der Waals surface area contributed by atoms with Crippen molar-refractivity contribution < 1.29 is 18.0 Å². The molecule has 2 aromatic rings. The number of rotatable bonds is 9. The Balaban J connectivity index is 1.75. The highest BCUT2D eigenvalue weighted by atomic mass is 19.4. The average Bonchev–Trinajstić information content (AvgIpc) is 2.79. The number of carbonyl (C=O) groups is 1. The quantitative estimate of drug-likeness (QED) is 0.610. The Morgan fingerprint density at radius 2 is 1.85 bits per heavy atom. The van der Waals surface area contributed by atoms with Crippen LogP contribution in [0.1, 0.15) is 29.2 Å². The Kier molecular flexibility index (Phi) is 8.37. The van der Waals surface area contributed by atoms with Gasteiger partial charge in [0.25, 0.3) is 0 Å². The number of anilines is 1. The highest BCUT2D eigenvalue weighted by Crippen LogP contribution is 2.32. The van der Waals surface area contributed by atoms with Crippen LogP contribution in [0.25, 0.3) is 0 Å². The maximum atomic E-state index is 13.5. The molecule has 1 N–H and O–H groups in total. The summed E-state index contributed by atoms with van der Waals surface area (Å²) in [6.45, 7) is 5.79. The second kappa shape index (κ2) is 11.0. The van der Waals surface area contributed by atoms with E-state index < -0.39 is 11.7 Å². The smallest absolute Gasteiger partial charge is 0.376 e. The molecular weight excluding hydrogens is 429 g/mol. The number of hydrogen-bond acceptors (Lipinski definition) is 4. The Hall–Kier alpha value is -2.58. The van der Waals surface area contributed by atoms with Crippen LogP contribution in [0.15, 0.2) is 42.5 Å². The van der Waals surface area contributed by atoms with Crippen LogP contribution in [0.4, 0.5) is 18.9 Å². The van der Waals surface area contributed by atoms with Crippen LogP contribution in [0.5, 0.6) is 0 Å². The fraction of sp³-hybridized carbons (Fsp3) is 0.480. The predicted octanol–water partition coefficient (Wildman–Crippen LogP) is 4.09. The van der Waals surface area contributed by atoms with Crippen LogP contribution in [-0.2, 0) is 30.5 Å². The molecule has 0 atom stereocenters. The second-order valence-corrected chi connectivity index (χ2v) is 8.69. The van der Waals surface area contributed by atoms with Crippen molar-refractivity contribution in [1.29, 1.82) is 0 Å². The number of fused-ring (bicyclic) bond motifs is 1. The highest BCUT2D eigenvalue weighted by molar-refractivity contribution is 5.81.